The molecule has 22 heavy (non-hydrogen) atoms. The average Bonchev–Trinajstić information content (AvgIpc) is 2.99. The molecular formula is C15H18BF4NS. The van der Waals surface area contributed by atoms with Gasteiger partial charge in [-0.25, -0.2) is 4.39 Å². The summed E-state index contributed by atoms with van der Waals surface area (Å²) in [7, 11) is 1.85. The van der Waals surface area contributed by atoms with Crippen molar-refractivity contribution < 1.29 is 17.6 Å². The number of nitrogens with zero attached hydrogens (tertiary/aromatic N) is 1. The van der Waals surface area contributed by atoms with E-state index in [1.165, 1.54) is 12.1 Å². The molecule has 0 bridgehead atoms. The molecule has 2 rings (SSSR count). The summed E-state index contributed by atoms with van der Waals surface area (Å²) in [6, 6.07) is 2.67. The maximum absolute atomic E-state index is 14.0. The molecule has 0 saturated heterocycles. The molecule has 7 heteroatoms. The number of aryl methyl sites for hydroxylation is 1. The summed E-state index contributed by atoms with van der Waals surface area (Å²) in [5, 5.41) is 0. The van der Waals surface area contributed by atoms with E-state index in [0.717, 1.165) is 12.0 Å². The number of thioether (sulfide) groups is 1. The third kappa shape index (κ3) is 4.27. The lowest BCUT2D eigenvalue weighted by Gasteiger charge is -2.11. The molecule has 0 heterocycles. The Hall–Kier alpha value is -0.975. The standard InChI is InChI=1S/C15H18BF4NS/c1-8-4-10(17)11(5-12(8)22-7-15(18,19)20)21-13(16)9-6-14(9,2)3/h4-5,9H,6-7,16H2,1-3H3/b21-13-. The van der Waals surface area contributed by atoms with Crippen molar-refractivity contribution in [1.82, 2.24) is 0 Å². The SMILES string of the molecule is B/C(=N\c1cc(SCC(F)(F)F)c(C)cc1F)C1CC1(C)C. The molecule has 1 aromatic carbocycles. The molecule has 0 radical (unpaired) electrons. The Morgan fingerprint density at radius 2 is 2.00 bits per heavy atom. The summed E-state index contributed by atoms with van der Waals surface area (Å²) in [4.78, 5) is 4.73. The van der Waals surface area contributed by atoms with Gasteiger partial charge in [0.25, 0.3) is 0 Å². The van der Waals surface area contributed by atoms with Crippen LogP contribution in [0.4, 0.5) is 23.2 Å². The molecule has 0 N–H and O–H groups in total. The first-order valence-electron chi connectivity index (χ1n) is 7.04. The van der Waals surface area contributed by atoms with Crippen LogP contribution in [0.2, 0.25) is 0 Å². The summed E-state index contributed by atoms with van der Waals surface area (Å²) in [5.41, 5.74) is 1.63. The lowest BCUT2D eigenvalue weighted by atomic mass is 9.92. The minimum absolute atomic E-state index is 0.121. The van der Waals surface area contributed by atoms with E-state index in [1.807, 2.05) is 7.85 Å². The van der Waals surface area contributed by atoms with Crippen molar-refractivity contribution >= 4 is 30.9 Å². The summed E-state index contributed by atoms with van der Waals surface area (Å²) < 4.78 is 51.0. The number of halogens is 4. The van der Waals surface area contributed by atoms with Gasteiger partial charge in [-0.1, -0.05) is 13.8 Å². The number of benzene rings is 1. The van der Waals surface area contributed by atoms with Crippen molar-refractivity contribution in [3.63, 3.8) is 0 Å². The number of rotatable bonds is 4. The molecular weight excluding hydrogens is 313 g/mol. The zero-order valence-corrected chi connectivity index (χ0v) is 13.8. The van der Waals surface area contributed by atoms with Crippen LogP contribution in [0.15, 0.2) is 22.0 Å². The van der Waals surface area contributed by atoms with Gasteiger partial charge in [-0.15, -0.1) is 11.8 Å². The number of hydrogen-bond donors (Lipinski definition) is 0. The number of aliphatic imine (C=N–C) groups is 1. The summed E-state index contributed by atoms with van der Waals surface area (Å²) >= 11 is 0.667. The zero-order valence-electron chi connectivity index (χ0n) is 13.0. The molecule has 120 valence electrons. The lowest BCUT2D eigenvalue weighted by Crippen LogP contribution is -2.10. The van der Waals surface area contributed by atoms with Crippen LogP contribution in [0.5, 0.6) is 0 Å². The highest BCUT2D eigenvalue weighted by atomic mass is 32.2. The average molecular weight is 331 g/mol. The van der Waals surface area contributed by atoms with Crippen molar-refractivity contribution in [2.45, 2.75) is 38.3 Å². The smallest absolute Gasteiger partial charge is 0.265 e. The van der Waals surface area contributed by atoms with E-state index in [2.05, 4.69) is 18.8 Å². The van der Waals surface area contributed by atoms with E-state index < -0.39 is 17.7 Å². The minimum atomic E-state index is -4.25. The highest BCUT2D eigenvalue weighted by Crippen LogP contribution is 2.52. The quantitative estimate of drug-likeness (QED) is 0.343. The van der Waals surface area contributed by atoms with Gasteiger partial charge in [-0.05, 0) is 48.0 Å². The lowest BCUT2D eigenvalue weighted by molar-refractivity contribution is -0.105. The van der Waals surface area contributed by atoms with Crippen molar-refractivity contribution in [1.29, 1.82) is 0 Å². The summed E-state index contributed by atoms with van der Waals surface area (Å²) in [5.74, 6) is -1.16. The molecule has 0 aromatic heterocycles. The number of alkyl halides is 3. The van der Waals surface area contributed by atoms with E-state index in [4.69, 9.17) is 0 Å². The highest BCUT2D eigenvalue weighted by molar-refractivity contribution is 7.99. The van der Waals surface area contributed by atoms with Crippen LogP contribution in [0, 0.1) is 24.1 Å². The van der Waals surface area contributed by atoms with Crippen LogP contribution in [0.1, 0.15) is 25.8 Å². The molecule has 0 aliphatic heterocycles. The third-order valence-corrected chi connectivity index (χ3v) is 5.17. The Balaban J connectivity index is 2.23. The predicted octanol–water partition coefficient (Wildman–Crippen LogP) is 4.50. The molecule has 0 spiro atoms. The second-order valence-electron chi connectivity index (χ2n) is 6.47. The molecule has 1 fully saturated rings. The fourth-order valence-electron chi connectivity index (χ4n) is 2.49. The van der Waals surface area contributed by atoms with Gasteiger partial charge in [-0.2, -0.15) is 13.2 Å². The first kappa shape index (κ1) is 17.4. The van der Waals surface area contributed by atoms with Gasteiger partial charge >= 0.3 is 6.18 Å². The van der Waals surface area contributed by atoms with Crippen LogP contribution in [-0.4, -0.2) is 25.4 Å². The predicted molar refractivity (Wildman–Crippen MR) is 85.4 cm³/mol. The van der Waals surface area contributed by atoms with Crippen LogP contribution in [0.3, 0.4) is 0 Å². The molecule has 1 aromatic rings. The second kappa shape index (κ2) is 5.91. The van der Waals surface area contributed by atoms with Gasteiger partial charge < -0.3 is 0 Å². The molecule has 1 saturated carbocycles. The van der Waals surface area contributed by atoms with Gasteiger partial charge in [0.2, 0.25) is 0 Å². The second-order valence-corrected chi connectivity index (χ2v) is 7.49. The highest BCUT2D eigenvalue weighted by Gasteiger charge is 2.46. The maximum atomic E-state index is 14.0. The maximum Gasteiger partial charge on any atom is 0.398 e. The first-order chi connectivity index (χ1) is 9.99. The van der Waals surface area contributed by atoms with Crippen molar-refractivity contribution in [2.24, 2.45) is 16.3 Å². The van der Waals surface area contributed by atoms with Crippen molar-refractivity contribution in [3.8, 4) is 0 Å². The Labute approximate surface area is 133 Å². The third-order valence-electron chi connectivity index (χ3n) is 3.95. The van der Waals surface area contributed by atoms with E-state index in [9.17, 15) is 17.6 Å². The van der Waals surface area contributed by atoms with E-state index in [-0.39, 0.29) is 11.1 Å². The Bertz CT molecular complexity index is 610. The van der Waals surface area contributed by atoms with Crippen molar-refractivity contribution in [2.75, 3.05) is 5.75 Å². The van der Waals surface area contributed by atoms with Gasteiger partial charge in [0.1, 0.15) is 5.82 Å². The Morgan fingerprint density at radius 1 is 1.41 bits per heavy atom. The Morgan fingerprint density at radius 3 is 2.50 bits per heavy atom. The van der Waals surface area contributed by atoms with Crippen LogP contribution in [-0.2, 0) is 0 Å². The van der Waals surface area contributed by atoms with Gasteiger partial charge in [0.05, 0.1) is 11.4 Å². The largest absolute Gasteiger partial charge is 0.398 e. The fourth-order valence-corrected chi connectivity index (χ4v) is 3.29. The molecule has 1 atom stereocenters. The van der Waals surface area contributed by atoms with Gasteiger partial charge in [0, 0.05) is 4.90 Å². The minimum Gasteiger partial charge on any atom is -0.265 e. The normalized spacial score (nSPS) is 21.0. The van der Waals surface area contributed by atoms with E-state index >= 15 is 0 Å². The monoisotopic (exact) mass is 331 g/mol. The first-order valence-corrected chi connectivity index (χ1v) is 8.03. The zero-order chi connectivity index (χ0) is 16.7. The number of hydrogen-bond acceptors (Lipinski definition) is 2. The van der Waals surface area contributed by atoms with Gasteiger partial charge in [0.15, 0.2) is 7.85 Å². The van der Waals surface area contributed by atoms with Gasteiger partial charge in [-0.3, -0.25) is 4.99 Å². The van der Waals surface area contributed by atoms with Crippen LogP contribution >= 0.6 is 11.8 Å². The fraction of sp³-hybridized carbons (Fsp3) is 0.533. The molecule has 1 aliphatic rings. The van der Waals surface area contributed by atoms with Crippen LogP contribution in [0.25, 0.3) is 0 Å². The molecule has 1 nitrogen and oxygen atoms in total. The summed E-state index contributed by atoms with van der Waals surface area (Å²) in [6.07, 6.45) is -3.24. The topological polar surface area (TPSA) is 12.4 Å². The summed E-state index contributed by atoms with van der Waals surface area (Å²) in [6.45, 7) is 5.84. The van der Waals surface area contributed by atoms with E-state index in [0.29, 0.717) is 28.1 Å². The molecule has 0 amide bonds. The van der Waals surface area contributed by atoms with Crippen molar-refractivity contribution in [3.05, 3.63) is 23.5 Å². The molecule has 1 aliphatic carbocycles. The molecule has 1 unspecified atom stereocenters. The van der Waals surface area contributed by atoms with E-state index in [1.54, 1.807) is 6.92 Å². The Kier molecular flexibility index (Phi) is 4.67. The van der Waals surface area contributed by atoms with Crippen LogP contribution < -0.4 is 0 Å².